The van der Waals surface area contributed by atoms with Crippen LogP contribution in [0.5, 0.6) is 0 Å². The number of hydrogen-bond donors (Lipinski definition) is 0. The number of thioether (sulfide) groups is 1. The molecule has 2 rings (SSSR count). The van der Waals surface area contributed by atoms with E-state index in [0.717, 1.165) is 30.1 Å². The smallest absolute Gasteiger partial charge is 0.256 e. The molecule has 0 spiro atoms. The lowest BCUT2D eigenvalue weighted by Crippen LogP contribution is -2.42. The first-order valence-electron chi connectivity index (χ1n) is 5.59. The van der Waals surface area contributed by atoms with Crippen molar-refractivity contribution in [2.75, 3.05) is 13.1 Å². The van der Waals surface area contributed by atoms with E-state index >= 15 is 0 Å². The van der Waals surface area contributed by atoms with Crippen LogP contribution in [0.1, 0.15) is 30.6 Å². The van der Waals surface area contributed by atoms with E-state index in [-0.39, 0.29) is 5.91 Å². The summed E-state index contributed by atoms with van der Waals surface area (Å²) in [5, 5.41) is 1.30. The highest BCUT2D eigenvalue weighted by molar-refractivity contribution is 7.99. The van der Waals surface area contributed by atoms with Crippen molar-refractivity contribution < 1.29 is 4.79 Å². The van der Waals surface area contributed by atoms with Gasteiger partial charge in [0, 0.05) is 24.5 Å². The fraction of sp³-hybridized carbons (Fsp3) is 0.500. The maximum atomic E-state index is 12.1. The standard InChI is InChI=1S/C12H16N2OS/c1-9(2)16-11-10(5-3-6-13-11)12(15)14-7-4-8-14/h3,5-6,9H,4,7-8H2,1-2H3. The van der Waals surface area contributed by atoms with E-state index in [9.17, 15) is 4.79 Å². The third-order valence-corrected chi connectivity index (χ3v) is 3.51. The molecule has 0 saturated carbocycles. The maximum absolute atomic E-state index is 12.1. The Morgan fingerprint density at radius 3 is 2.81 bits per heavy atom. The molecule has 0 aromatic carbocycles. The van der Waals surface area contributed by atoms with Crippen LogP contribution in [-0.2, 0) is 0 Å². The fourth-order valence-corrected chi connectivity index (χ4v) is 2.41. The van der Waals surface area contributed by atoms with Crippen molar-refractivity contribution in [1.29, 1.82) is 0 Å². The van der Waals surface area contributed by atoms with Gasteiger partial charge in [-0.2, -0.15) is 0 Å². The molecule has 0 atom stereocenters. The van der Waals surface area contributed by atoms with E-state index < -0.39 is 0 Å². The Hall–Kier alpha value is -1.03. The molecule has 1 aliphatic heterocycles. The molecule has 2 heterocycles. The molecule has 0 bridgehead atoms. The lowest BCUT2D eigenvalue weighted by Gasteiger charge is -2.31. The predicted octanol–water partition coefficient (Wildman–Crippen LogP) is 2.43. The van der Waals surface area contributed by atoms with Crippen LogP contribution >= 0.6 is 11.8 Å². The molecule has 86 valence electrons. The average Bonchev–Trinajstić information content (AvgIpc) is 2.14. The van der Waals surface area contributed by atoms with E-state index in [4.69, 9.17) is 0 Å². The highest BCUT2D eigenvalue weighted by Gasteiger charge is 2.24. The van der Waals surface area contributed by atoms with E-state index in [2.05, 4.69) is 18.8 Å². The molecule has 1 aromatic rings. The number of rotatable bonds is 3. The lowest BCUT2D eigenvalue weighted by atomic mass is 10.1. The highest BCUT2D eigenvalue weighted by Crippen LogP contribution is 2.26. The summed E-state index contributed by atoms with van der Waals surface area (Å²) in [6.07, 6.45) is 2.87. The molecule has 1 fully saturated rings. The van der Waals surface area contributed by atoms with Crippen LogP contribution in [0.2, 0.25) is 0 Å². The molecule has 1 aliphatic rings. The Balaban J connectivity index is 2.21. The zero-order valence-electron chi connectivity index (χ0n) is 9.64. The zero-order chi connectivity index (χ0) is 11.5. The van der Waals surface area contributed by atoms with Crippen LogP contribution in [0.25, 0.3) is 0 Å². The summed E-state index contributed by atoms with van der Waals surface area (Å²) in [5.41, 5.74) is 0.751. The minimum Gasteiger partial charge on any atom is -0.338 e. The Kier molecular flexibility index (Phi) is 3.49. The van der Waals surface area contributed by atoms with Crippen LogP contribution in [0.3, 0.4) is 0 Å². The van der Waals surface area contributed by atoms with Crippen LogP contribution in [0, 0.1) is 0 Å². The summed E-state index contributed by atoms with van der Waals surface area (Å²) in [4.78, 5) is 18.3. The second-order valence-electron chi connectivity index (χ2n) is 4.17. The topological polar surface area (TPSA) is 33.2 Å². The van der Waals surface area contributed by atoms with Gasteiger partial charge in [0.1, 0.15) is 5.03 Å². The Morgan fingerprint density at radius 1 is 1.50 bits per heavy atom. The lowest BCUT2D eigenvalue weighted by molar-refractivity contribution is 0.0647. The van der Waals surface area contributed by atoms with Gasteiger partial charge in [0.05, 0.1) is 5.56 Å². The summed E-state index contributed by atoms with van der Waals surface area (Å²) >= 11 is 1.65. The molecule has 3 nitrogen and oxygen atoms in total. The van der Waals surface area contributed by atoms with Crippen LogP contribution in [0.15, 0.2) is 23.4 Å². The molecule has 16 heavy (non-hydrogen) atoms. The van der Waals surface area contributed by atoms with Crippen molar-refractivity contribution in [3.05, 3.63) is 23.9 Å². The van der Waals surface area contributed by atoms with Gasteiger partial charge in [-0.1, -0.05) is 13.8 Å². The average molecular weight is 236 g/mol. The number of pyridine rings is 1. The quantitative estimate of drug-likeness (QED) is 0.756. The second kappa shape index (κ2) is 4.87. The SMILES string of the molecule is CC(C)Sc1ncccc1C(=O)N1CCC1. The minimum absolute atomic E-state index is 0.127. The minimum atomic E-state index is 0.127. The van der Waals surface area contributed by atoms with Gasteiger partial charge in [-0.05, 0) is 18.6 Å². The van der Waals surface area contributed by atoms with Gasteiger partial charge in [-0.3, -0.25) is 4.79 Å². The van der Waals surface area contributed by atoms with E-state index in [0.29, 0.717) is 5.25 Å². The van der Waals surface area contributed by atoms with Crippen molar-refractivity contribution in [2.24, 2.45) is 0 Å². The fourth-order valence-electron chi connectivity index (χ4n) is 1.56. The van der Waals surface area contributed by atoms with Crippen LogP contribution in [-0.4, -0.2) is 34.1 Å². The number of aromatic nitrogens is 1. The van der Waals surface area contributed by atoms with Gasteiger partial charge < -0.3 is 4.90 Å². The van der Waals surface area contributed by atoms with Gasteiger partial charge >= 0.3 is 0 Å². The highest BCUT2D eigenvalue weighted by atomic mass is 32.2. The normalized spacial score (nSPS) is 15.1. The van der Waals surface area contributed by atoms with Crippen molar-refractivity contribution in [3.63, 3.8) is 0 Å². The Labute approximate surface area is 100 Å². The van der Waals surface area contributed by atoms with E-state index in [1.807, 2.05) is 17.0 Å². The number of carbonyl (C=O) groups is 1. The van der Waals surface area contributed by atoms with Gasteiger partial charge in [0.2, 0.25) is 0 Å². The Bertz CT molecular complexity index is 388. The van der Waals surface area contributed by atoms with Gasteiger partial charge in [-0.25, -0.2) is 4.98 Å². The molecule has 0 aliphatic carbocycles. The summed E-state index contributed by atoms with van der Waals surface area (Å²) in [5.74, 6) is 0.127. The van der Waals surface area contributed by atoms with E-state index in [1.165, 1.54) is 0 Å². The van der Waals surface area contributed by atoms with E-state index in [1.54, 1.807) is 18.0 Å². The first-order chi connectivity index (χ1) is 7.68. The van der Waals surface area contributed by atoms with Crippen LogP contribution in [0.4, 0.5) is 0 Å². The molecular weight excluding hydrogens is 220 g/mol. The molecule has 4 heteroatoms. The Morgan fingerprint density at radius 2 is 2.25 bits per heavy atom. The first-order valence-corrected chi connectivity index (χ1v) is 6.47. The summed E-state index contributed by atoms with van der Waals surface area (Å²) in [6.45, 7) is 5.99. The second-order valence-corrected chi connectivity index (χ2v) is 5.73. The third-order valence-electron chi connectivity index (χ3n) is 2.49. The largest absolute Gasteiger partial charge is 0.338 e. The molecule has 1 saturated heterocycles. The predicted molar refractivity (Wildman–Crippen MR) is 65.8 cm³/mol. The third kappa shape index (κ3) is 2.38. The molecule has 1 aromatic heterocycles. The molecule has 0 N–H and O–H groups in total. The molecule has 0 radical (unpaired) electrons. The molecular formula is C12H16N2OS. The van der Waals surface area contributed by atoms with Gasteiger partial charge in [0.15, 0.2) is 0 Å². The van der Waals surface area contributed by atoms with Gasteiger partial charge in [-0.15, -0.1) is 11.8 Å². The van der Waals surface area contributed by atoms with Crippen LogP contribution < -0.4 is 0 Å². The number of nitrogens with zero attached hydrogens (tertiary/aromatic N) is 2. The van der Waals surface area contributed by atoms with Crippen molar-refractivity contribution >= 4 is 17.7 Å². The summed E-state index contributed by atoms with van der Waals surface area (Å²) in [6, 6.07) is 3.70. The number of amides is 1. The number of hydrogen-bond acceptors (Lipinski definition) is 3. The number of carbonyl (C=O) groups excluding carboxylic acids is 1. The molecule has 0 unspecified atom stereocenters. The van der Waals surface area contributed by atoms with Crippen molar-refractivity contribution in [2.45, 2.75) is 30.5 Å². The summed E-state index contributed by atoms with van der Waals surface area (Å²) < 4.78 is 0. The maximum Gasteiger partial charge on any atom is 0.256 e. The van der Waals surface area contributed by atoms with Gasteiger partial charge in [0.25, 0.3) is 5.91 Å². The van der Waals surface area contributed by atoms with Crippen molar-refractivity contribution in [1.82, 2.24) is 9.88 Å². The number of likely N-dealkylation sites (tertiary alicyclic amines) is 1. The molecule has 1 amide bonds. The summed E-state index contributed by atoms with van der Waals surface area (Å²) in [7, 11) is 0. The first kappa shape index (κ1) is 11.5. The monoisotopic (exact) mass is 236 g/mol. The van der Waals surface area contributed by atoms with Crippen molar-refractivity contribution in [3.8, 4) is 0 Å². The zero-order valence-corrected chi connectivity index (χ0v) is 10.5.